The Morgan fingerprint density at radius 1 is 1.00 bits per heavy atom. The molecule has 1 heteroatoms. The van der Waals surface area contributed by atoms with E-state index in [1.807, 2.05) is 31.2 Å². The summed E-state index contributed by atoms with van der Waals surface area (Å²) in [6, 6.07) is 16.3. The molecule has 0 saturated carbocycles. The minimum atomic E-state index is 0.331. The SMILES string of the molecule is Cc1cccc(C(C)Cc2ccccc2)c1O. The molecule has 0 radical (unpaired) electrons. The van der Waals surface area contributed by atoms with Crippen molar-refractivity contribution in [2.75, 3.05) is 0 Å². The minimum absolute atomic E-state index is 0.331. The topological polar surface area (TPSA) is 20.2 Å². The summed E-state index contributed by atoms with van der Waals surface area (Å²) in [4.78, 5) is 0. The maximum absolute atomic E-state index is 10.0. The average molecular weight is 226 g/mol. The highest BCUT2D eigenvalue weighted by Gasteiger charge is 2.12. The standard InChI is InChI=1S/C16H18O/c1-12-7-6-10-15(16(12)17)13(2)11-14-8-4-3-5-9-14/h3-10,13,17H,11H2,1-2H3. The molecule has 2 rings (SSSR count). The van der Waals surface area contributed by atoms with Crippen molar-refractivity contribution < 1.29 is 5.11 Å². The first kappa shape index (κ1) is 11.7. The first-order chi connectivity index (χ1) is 8.18. The van der Waals surface area contributed by atoms with E-state index >= 15 is 0 Å². The van der Waals surface area contributed by atoms with Crippen molar-refractivity contribution in [3.05, 3.63) is 65.2 Å². The third kappa shape index (κ3) is 2.68. The Kier molecular flexibility index (Phi) is 3.48. The Hall–Kier alpha value is -1.76. The lowest BCUT2D eigenvalue weighted by atomic mass is 9.92. The molecule has 1 N–H and O–H groups in total. The Labute approximate surface area is 103 Å². The average Bonchev–Trinajstić information content (AvgIpc) is 2.34. The van der Waals surface area contributed by atoms with Crippen LogP contribution < -0.4 is 0 Å². The smallest absolute Gasteiger partial charge is 0.121 e. The monoisotopic (exact) mass is 226 g/mol. The van der Waals surface area contributed by atoms with Crippen LogP contribution in [0.3, 0.4) is 0 Å². The predicted molar refractivity (Wildman–Crippen MR) is 71.4 cm³/mol. The molecule has 0 aliphatic carbocycles. The van der Waals surface area contributed by atoms with Gasteiger partial charge in [0.05, 0.1) is 0 Å². The first-order valence-electron chi connectivity index (χ1n) is 6.01. The van der Waals surface area contributed by atoms with Crippen molar-refractivity contribution in [3.63, 3.8) is 0 Å². The Balaban J connectivity index is 2.20. The minimum Gasteiger partial charge on any atom is -0.507 e. The fourth-order valence-electron chi connectivity index (χ4n) is 2.16. The second-order valence-electron chi connectivity index (χ2n) is 4.60. The Morgan fingerprint density at radius 2 is 1.71 bits per heavy atom. The van der Waals surface area contributed by atoms with Crippen LogP contribution in [0.1, 0.15) is 29.5 Å². The number of hydrogen-bond acceptors (Lipinski definition) is 1. The van der Waals surface area contributed by atoms with Crippen LogP contribution in [0.25, 0.3) is 0 Å². The third-order valence-corrected chi connectivity index (χ3v) is 3.18. The first-order valence-corrected chi connectivity index (χ1v) is 6.01. The molecule has 0 heterocycles. The highest BCUT2D eigenvalue weighted by Crippen LogP contribution is 2.30. The molecule has 88 valence electrons. The van der Waals surface area contributed by atoms with Crippen LogP contribution in [0.5, 0.6) is 5.75 Å². The summed E-state index contributed by atoms with van der Waals surface area (Å²) in [5.41, 5.74) is 3.29. The van der Waals surface area contributed by atoms with E-state index in [1.54, 1.807) is 0 Å². The predicted octanol–water partition coefficient (Wildman–Crippen LogP) is 4.05. The zero-order valence-electron chi connectivity index (χ0n) is 10.4. The summed E-state index contributed by atoms with van der Waals surface area (Å²) in [6.45, 7) is 4.09. The Morgan fingerprint density at radius 3 is 2.41 bits per heavy atom. The zero-order valence-corrected chi connectivity index (χ0v) is 10.4. The summed E-state index contributed by atoms with van der Waals surface area (Å²) in [5.74, 6) is 0.772. The number of rotatable bonds is 3. The molecule has 0 amide bonds. The van der Waals surface area contributed by atoms with E-state index < -0.39 is 0 Å². The van der Waals surface area contributed by atoms with E-state index in [9.17, 15) is 5.11 Å². The van der Waals surface area contributed by atoms with E-state index in [4.69, 9.17) is 0 Å². The van der Waals surface area contributed by atoms with Crippen LogP contribution in [0.15, 0.2) is 48.5 Å². The quantitative estimate of drug-likeness (QED) is 0.837. The number of phenols is 1. The molecule has 0 fully saturated rings. The molecular weight excluding hydrogens is 208 g/mol. The van der Waals surface area contributed by atoms with Crippen molar-refractivity contribution in [2.24, 2.45) is 0 Å². The second-order valence-corrected chi connectivity index (χ2v) is 4.60. The second kappa shape index (κ2) is 5.05. The highest BCUT2D eigenvalue weighted by molar-refractivity contribution is 5.42. The van der Waals surface area contributed by atoms with Gasteiger partial charge in [-0.2, -0.15) is 0 Å². The van der Waals surface area contributed by atoms with Gasteiger partial charge in [0, 0.05) is 0 Å². The molecule has 2 aromatic rings. The van der Waals surface area contributed by atoms with Gasteiger partial charge in [-0.15, -0.1) is 0 Å². The van der Waals surface area contributed by atoms with E-state index in [0.29, 0.717) is 11.7 Å². The van der Waals surface area contributed by atoms with Crippen molar-refractivity contribution in [3.8, 4) is 5.75 Å². The molecule has 0 bridgehead atoms. The van der Waals surface area contributed by atoms with Crippen LogP contribution in [-0.2, 0) is 6.42 Å². The van der Waals surface area contributed by atoms with Gasteiger partial charge in [-0.25, -0.2) is 0 Å². The number of para-hydroxylation sites is 1. The lowest BCUT2D eigenvalue weighted by Crippen LogP contribution is -1.99. The Bertz CT molecular complexity index is 488. The fraction of sp³-hybridized carbons (Fsp3) is 0.250. The fourth-order valence-corrected chi connectivity index (χ4v) is 2.16. The van der Waals surface area contributed by atoms with Gasteiger partial charge in [-0.05, 0) is 36.0 Å². The highest BCUT2D eigenvalue weighted by atomic mass is 16.3. The molecule has 0 aliphatic heterocycles. The maximum Gasteiger partial charge on any atom is 0.121 e. The molecule has 0 spiro atoms. The lowest BCUT2D eigenvalue weighted by Gasteiger charge is -2.15. The van der Waals surface area contributed by atoms with Gasteiger partial charge in [0.2, 0.25) is 0 Å². The largest absolute Gasteiger partial charge is 0.507 e. The summed E-state index contributed by atoms with van der Waals surface area (Å²) >= 11 is 0. The van der Waals surface area contributed by atoms with Crippen LogP contribution in [0.4, 0.5) is 0 Å². The molecule has 1 unspecified atom stereocenters. The van der Waals surface area contributed by atoms with Crippen molar-refractivity contribution >= 4 is 0 Å². The molecule has 1 nitrogen and oxygen atoms in total. The van der Waals surface area contributed by atoms with Crippen LogP contribution >= 0.6 is 0 Å². The number of aryl methyl sites for hydroxylation is 1. The van der Waals surface area contributed by atoms with Crippen LogP contribution in [-0.4, -0.2) is 5.11 Å². The van der Waals surface area contributed by atoms with Crippen LogP contribution in [0, 0.1) is 6.92 Å². The zero-order chi connectivity index (χ0) is 12.3. The molecule has 1 atom stereocenters. The summed E-state index contributed by atoms with van der Waals surface area (Å²) in [5, 5.41) is 10.0. The van der Waals surface area contributed by atoms with Gasteiger partial charge in [0.1, 0.15) is 5.75 Å². The van der Waals surface area contributed by atoms with Gasteiger partial charge in [0.15, 0.2) is 0 Å². The number of phenolic OH excluding ortho intramolecular Hbond substituents is 1. The number of aromatic hydroxyl groups is 1. The number of benzene rings is 2. The normalized spacial score (nSPS) is 12.4. The summed E-state index contributed by atoms with van der Waals surface area (Å²) in [6.07, 6.45) is 0.956. The molecule has 0 aliphatic rings. The summed E-state index contributed by atoms with van der Waals surface area (Å²) < 4.78 is 0. The van der Waals surface area contributed by atoms with E-state index in [2.05, 4.69) is 31.2 Å². The van der Waals surface area contributed by atoms with Crippen molar-refractivity contribution in [2.45, 2.75) is 26.2 Å². The molecule has 2 aromatic carbocycles. The van der Waals surface area contributed by atoms with E-state index in [-0.39, 0.29) is 0 Å². The third-order valence-electron chi connectivity index (χ3n) is 3.18. The van der Waals surface area contributed by atoms with Gasteiger partial charge < -0.3 is 5.11 Å². The summed E-state index contributed by atoms with van der Waals surface area (Å²) in [7, 11) is 0. The lowest BCUT2D eigenvalue weighted by molar-refractivity contribution is 0.458. The van der Waals surface area contributed by atoms with Gasteiger partial charge in [-0.1, -0.05) is 55.5 Å². The maximum atomic E-state index is 10.0. The van der Waals surface area contributed by atoms with Crippen LogP contribution in [0.2, 0.25) is 0 Å². The van der Waals surface area contributed by atoms with Gasteiger partial charge in [0.25, 0.3) is 0 Å². The van der Waals surface area contributed by atoms with Crippen molar-refractivity contribution in [1.82, 2.24) is 0 Å². The number of hydrogen-bond donors (Lipinski definition) is 1. The molecule has 17 heavy (non-hydrogen) atoms. The molecule has 0 aromatic heterocycles. The van der Waals surface area contributed by atoms with Crippen molar-refractivity contribution in [1.29, 1.82) is 0 Å². The van der Waals surface area contributed by atoms with E-state index in [1.165, 1.54) is 5.56 Å². The van der Waals surface area contributed by atoms with E-state index in [0.717, 1.165) is 17.5 Å². The molecule has 0 saturated heterocycles. The molecular formula is C16H18O. The van der Waals surface area contributed by atoms with Gasteiger partial charge >= 0.3 is 0 Å². The van der Waals surface area contributed by atoms with Gasteiger partial charge in [-0.3, -0.25) is 0 Å².